The number of halogens is 5. The lowest BCUT2D eigenvalue weighted by atomic mass is 10.2. The van der Waals surface area contributed by atoms with Crippen molar-refractivity contribution >= 4 is 23.3 Å². The lowest BCUT2D eigenvalue weighted by Crippen LogP contribution is -2.21. The van der Waals surface area contributed by atoms with Crippen LogP contribution < -0.4 is 10.1 Å². The highest BCUT2D eigenvalue weighted by Gasteiger charge is 2.53. The molecular formula is C22H20F5N5O5. The van der Waals surface area contributed by atoms with E-state index in [2.05, 4.69) is 15.3 Å². The fourth-order valence-corrected chi connectivity index (χ4v) is 4.17. The fraction of sp³-hybridized carbons (Fsp3) is 0.409. The summed E-state index contributed by atoms with van der Waals surface area (Å²) in [6.07, 6.45) is -3.28. The van der Waals surface area contributed by atoms with Crippen molar-refractivity contribution in [2.45, 2.75) is 24.9 Å². The molecule has 10 nitrogen and oxygen atoms in total. The molecule has 0 bridgehead atoms. The Morgan fingerprint density at radius 2 is 1.92 bits per heavy atom. The minimum atomic E-state index is -5.08. The summed E-state index contributed by atoms with van der Waals surface area (Å²) in [4.78, 5) is 34.1. The van der Waals surface area contributed by atoms with E-state index in [9.17, 15) is 26.7 Å². The van der Waals surface area contributed by atoms with E-state index in [1.165, 1.54) is 25.3 Å². The summed E-state index contributed by atoms with van der Waals surface area (Å²) in [6, 6.07) is 3.90. The largest absolute Gasteiger partial charge is 0.490 e. The van der Waals surface area contributed by atoms with Gasteiger partial charge in [-0.2, -0.15) is 18.2 Å². The molecule has 198 valence electrons. The maximum absolute atomic E-state index is 12.9. The van der Waals surface area contributed by atoms with E-state index in [0.29, 0.717) is 23.4 Å². The first-order valence-corrected chi connectivity index (χ1v) is 10.9. The van der Waals surface area contributed by atoms with Gasteiger partial charge < -0.3 is 19.9 Å². The number of hydrogen-bond donors (Lipinski definition) is 2. The Kier molecular flexibility index (Phi) is 7.25. The lowest BCUT2D eigenvalue weighted by molar-refractivity contribution is -0.192. The smallest absolute Gasteiger partial charge is 0.478 e. The van der Waals surface area contributed by atoms with Crippen molar-refractivity contribution in [3.8, 4) is 5.88 Å². The number of nitrogens with zero attached hydrogens (tertiary/aromatic N) is 4. The molecule has 1 saturated heterocycles. The third-order valence-electron chi connectivity index (χ3n) is 5.91. The second-order valence-electron chi connectivity index (χ2n) is 8.25. The van der Waals surface area contributed by atoms with Crippen LogP contribution in [0.15, 0.2) is 30.6 Å². The molecular weight excluding hydrogens is 509 g/mol. The SMILES string of the molecule is COc1nc(NC(=O)c2cccc(C(F)F)n2)cn2cc(C3C4CCOCC43)nc12.O=C(O)C(F)(F)F. The van der Waals surface area contributed by atoms with Gasteiger partial charge in [0, 0.05) is 18.7 Å². The van der Waals surface area contributed by atoms with Crippen LogP contribution >= 0.6 is 0 Å². The van der Waals surface area contributed by atoms with Gasteiger partial charge in [-0.3, -0.25) is 9.20 Å². The molecule has 2 N–H and O–H groups in total. The molecule has 0 radical (unpaired) electrons. The number of alkyl halides is 5. The molecule has 3 atom stereocenters. The maximum Gasteiger partial charge on any atom is 0.490 e. The summed E-state index contributed by atoms with van der Waals surface area (Å²) in [5.41, 5.74) is 0.915. The number of carbonyl (C=O) groups is 2. The number of aliphatic carboxylic acids is 1. The third-order valence-corrected chi connectivity index (χ3v) is 5.91. The molecule has 1 saturated carbocycles. The number of aromatic nitrogens is 4. The van der Waals surface area contributed by atoms with Crippen molar-refractivity contribution in [3.63, 3.8) is 0 Å². The van der Waals surface area contributed by atoms with Gasteiger partial charge in [-0.1, -0.05) is 6.07 Å². The van der Waals surface area contributed by atoms with Crippen molar-refractivity contribution in [2.24, 2.45) is 11.8 Å². The van der Waals surface area contributed by atoms with Crippen LogP contribution in [-0.2, 0) is 9.53 Å². The van der Waals surface area contributed by atoms with Crippen LogP contribution in [0.4, 0.5) is 27.8 Å². The van der Waals surface area contributed by atoms with Crippen LogP contribution in [0.3, 0.4) is 0 Å². The molecule has 15 heteroatoms. The van der Waals surface area contributed by atoms with Gasteiger partial charge in [-0.15, -0.1) is 0 Å². The zero-order valence-corrected chi connectivity index (χ0v) is 19.1. The van der Waals surface area contributed by atoms with Gasteiger partial charge in [0.25, 0.3) is 18.2 Å². The number of carboxylic acid groups (broad SMARTS) is 1. The number of carbonyl (C=O) groups excluding carboxylic acids is 1. The van der Waals surface area contributed by atoms with Gasteiger partial charge >= 0.3 is 12.1 Å². The van der Waals surface area contributed by atoms with Gasteiger partial charge in [0.15, 0.2) is 5.82 Å². The number of amides is 1. The predicted molar refractivity (Wildman–Crippen MR) is 116 cm³/mol. The molecule has 37 heavy (non-hydrogen) atoms. The second-order valence-corrected chi connectivity index (χ2v) is 8.25. The van der Waals surface area contributed by atoms with E-state index in [0.717, 1.165) is 25.3 Å². The molecule has 2 aliphatic rings. The molecule has 0 aromatic carbocycles. The Balaban J connectivity index is 0.000000405. The average molecular weight is 529 g/mol. The van der Waals surface area contributed by atoms with Crippen LogP contribution in [0.25, 0.3) is 5.65 Å². The quantitative estimate of drug-likeness (QED) is 0.479. The Bertz CT molecular complexity index is 1300. The van der Waals surface area contributed by atoms with Gasteiger partial charge in [0.1, 0.15) is 11.4 Å². The monoisotopic (exact) mass is 529 g/mol. The second kappa shape index (κ2) is 10.2. The Labute approximate surface area is 205 Å². The predicted octanol–water partition coefficient (Wildman–Crippen LogP) is 3.71. The van der Waals surface area contributed by atoms with Crippen molar-refractivity contribution in [3.05, 3.63) is 47.7 Å². The molecule has 1 aliphatic heterocycles. The van der Waals surface area contributed by atoms with E-state index >= 15 is 0 Å². The van der Waals surface area contributed by atoms with E-state index in [1.807, 2.05) is 6.20 Å². The molecule has 3 unspecified atom stereocenters. The number of pyridine rings is 1. The summed E-state index contributed by atoms with van der Waals surface area (Å²) in [5, 5.41) is 9.71. The Hall–Kier alpha value is -3.88. The zero-order valence-electron chi connectivity index (χ0n) is 19.1. The number of anilines is 1. The molecule has 2 fully saturated rings. The molecule has 5 rings (SSSR count). The maximum atomic E-state index is 12.9. The first-order chi connectivity index (χ1) is 17.5. The van der Waals surface area contributed by atoms with Crippen molar-refractivity contribution in [1.82, 2.24) is 19.4 Å². The summed E-state index contributed by atoms with van der Waals surface area (Å²) >= 11 is 0. The minimum absolute atomic E-state index is 0.123. The van der Waals surface area contributed by atoms with E-state index in [1.54, 1.807) is 10.6 Å². The van der Waals surface area contributed by atoms with Crippen LogP contribution in [0.1, 0.15) is 40.6 Å². The summed E-state index contributed by atoms with van der Waals surface area (Å²) in [5.74, 6) is -1.49. The lowest BCUT2D eigenvalue weighted by Gasteiger charge is -2.08. The van der Waals surface area contributed by atoms with Crippen molar-refractivity contribution in [2.75, 3.05) is 25.6 Å². The number of carboxylic acids is 1. The number of fused-ring (bicyclic) bond motifs is 2. The van der Waals surface area contributed by atoms with E-state index in [4.69, 9.17) is 24.4 Å². The highest BCUT2D eigenvalue weighted by molar-refractivity contribution is 6.02. The van der Waals surface area contributed by atoms with Gasteiger partial charge in [-0.25, -0.2) is 23.5 Å². The summed E-state index contributed by atoms with van der Waals surface area (Å²) in [7, 11) is 1.47. The minimum Gasteiger partial charge on any atom is -0.478 e. The standard InChI is InChI=1S/C20H19F2N5O3.C2HF3O2/c1-29-20-18-24-14(16-10-5-6-30-9-11(10)16)7-27(18)8-15(26-20)25-19(28)13-4-2-3-12(23-13)17(21)22;3-2(4,5)1(6)7/h2-4,7-8,10-11,16-17H,5-6,9H2,1H3,(H,25,28);(H,6,7). The summed E-state index contributed by atoms with van der Waals surface area (Å²) < 4.78 is 70.1. The molecule has 4 heterocycles. The van der Waals surface area contributed by atoms with Crippen LogP contribution in [0.2, 0.25) is 0 Å². The van der Waals surface area contributed by atoms with Crippen LogP contribution in [0.5, 0.6) is 5.88 Å². The summed E-state index contributed by atoms with van der Waals surface area (Å²) in [6.45, 7) is 1.54. The number of methoxy groups -OCH3 is 1. The van der Waals surface area contributed by atoms with Gasteiger partial charge in [0.2, 0.25) is 5.65 Å². The number of imidazole rings is 1. The van der Waals surface area contributed by atoms with Crippen LogP contribution in [0, 0.1) is 11.8 Å². The number of nitrogens with one attached hydrogen (secondary N) is 1. The van der Waals surface area contributed by atoms with Crippen molar-refractivity contribution in [1.29, 1.82) is 0 Å². The number of hydrogen-bond acceptors (Lipinski definition) is 7. The normalized spacial score (nSPS) is 20.6. The Morgan fingerprint density at radius 1 is 1.19 bits per heavy atom. The fourth-order valence-electron chi connectivity index (χ4n) is 4.17. The molecule has 1 aliphatic carbocycles. The Morgan fingerprint density at radius 3 is 2.51 bits per heavy atom. The van der Waals surface area contributed by atoms with Crippen molar-refractivity contribution < 1.29 is 46.1 Å². The van der Waals surface area contributed by atoms with E-state index < -0.39 is 30.2 Å². The highest BCUT2D eigenvalue weighted by Crippen LogP contribution is 2.57. The average Bonchev–Trinajstić information content (AvgIpc) is 3.44. The topological polar surface area (TPSA) is 128 Å². The van der Waals surface area contributed by atoms with E-state index in [-0.39, 0.29) is 17.4 Å². The zero-order chi connectivity index (χ0) is 26.9. The van der Waals surface area contributed by atoms with Gasteiger partial charge in [0.05, 0.1) is 25.6 Å². The van der Waals surface area contributed by atoms with Crippen LogP contribution in [-0.4, -0.2) is 62.8 Å². The molecule has 0 spiro atoms. The highest BCUT2D eigenvalue weighted by atomic mass is 19.4. The first-order valence-electron chi connectivity index (χ1n) is 10.9. The molecule has 3 aromatic rings. The van der Waals surface area contributed by atoms with Gasteiger partial charge in [-0.05, 0) is 30.4 Å². The third kappa shape index (κ3) is 5.76. The number of ether oxygens (including phenoxy) is 2. The number of rotatable bonds is 5. The first kappa shape index (κ1) is 26.2. The molecule has 3 aromatic heterocycles. The molecule has 1 amide bonds.